The molecule has 2 heteroatoms. The van der Waals surface area contributed by atoms with Crippen molar-refractivity contribution in [3.05, 3.63) is 224 Å². The molecule has 0 aliphatic rings. The summed E-state index contributed by atoms with van der Waals surface area (Å²) >= 11 is 0. The van der Waals surface area contributed by atoms with E-state index in [1.165, 1.54) is 5.39 Å². The van der Waals surface area contributed by atoms with Crippen LogP contribution < -0.4 is 4.90 Å². The number of furan rings is 1. The van der Waals surface area contributed by atoms with Crippen LogP contribution in [0.25, 0.3) is 88.0 Å². The molecule has 0 spiro atoms. The van der Waals surface area contributed by atoms with E-state index >= 15 is 0 Å². The SMILES string of the molecule is [2H]c1c([2H])c(N(c2ccc(-c3ccc4ccccc4c3)cc2)c2ccccc2-c2ccc3oc4c5ccccc5ccc4c3c2)c([2H])c([2H])c1-c1ccc(-c2ccccc2)cc1. The van der Waals surface area contributed by atoms with Gasteiger partial charge in [-0.2, -0.15) is 0 Å². The van der Waals surface area contributed by atoms with Crippen molar-refractivity contribution < 1.29 is 9.90 Å². The Morgan fingerprint density at radius 3 is 1.74 bits per heavy atom. The van der Waals surface area contributed by atoms with Gasteiger partial charge in [-0.3, -0.25) is 0 Å². The summed E-state index contributed by atoms with van der Waals surface area (Å²) in [6.07, 6.45) is 0. The van der Waals surface area contributed by atoms with E-state index in [0.717, 1.165) is 71.5 Å². The van der Waals surface area contributed by atoms with Crippen LogP contribution in [0.2, 0.25) is 0 Å². The molecule has 0 aliphatic heterocycles. The van der Waals surface area contributed by atoms with Crippen molar-refractivity contribution in [3.63, 3.8) is 0 Å². The second-order valence-electron chi connectivity index (χ2n) is 14.6. The van der Waals surface area contributed by atoms with Crippen molar-refractivity contribution >= 4 is 60.5 Å². The lowest BCUT2D eigenvalue weighted by Crippen LogP contribution is -2.11. The van der Waals surface area contributed by atoms with Crippen molar-refractivity contribution in [1.29, 1.82) is 0 Å². The summed E-state index contributed by atoms with van der Waals surface area (Å²) < 4.78 is 44.7. The monoisotopic (exact) mass is 743 g/mol. The van der Waals surface area contributed by atoms with Crippen LogP contribution in [0.4, 0.5) is 17.1 Å². The third kappa shape index (κ3) is 6.00. The van der Waals surface area contributed by atoms with Crippen LogP contribution in [0.15, 0.2) is 229 Å². The third-order valence-electron chi connectivity index (χ3n) is 11.1. The number of benzene rings is 10. The van der Waals surface area contributed by atoms with Crippen molar-refractivity contribution in [1.82, 2.24) is 0 Å². The molecule has 0 unspecified atom stereocenters. The lowest BCUT2D eigenvalue weighted by Gasteiger charge is -2.28. The Hall–Kier alpha value is -7.68. The highest BCUT2D eigenvalue weighted by atomic mass is 16.3. The van der Waals surface area contributed by atoms with Gasteiger partial charge in [-0.1, -0.05) is 170 Å². The van der Waals surface area contributed by atoms with Crippen LogP contribution in [-0.4, -0.2) is 0 Å². The Morgan fingerprint density at radius 2 is 0.931 bits per heavy atom. The van der Waals surface area contributed by atoms with Gasteiger partial charge in [0, 0.05) is 33.1 Å². The lowest BCUT2D eigenvalue weighted by molar-refractivity contribution is 0.672. The highest BCUT2D eigenvalue weighted by Crippen LogP contribution is 2.44. The number of hydrogen-bond acceptors (Lipinski definition) is 2. The fourth-order valence-corrected chi connectivity index (χ4v) is 8.17. The van der Waals surface area contributed by atoms with Gasteiger partial charge in [0.2, 0.25) is 0 Å². The predicted molar refractivity (Wildman–Crippen MR) is 245 cm³/mol. The van der Waals surface area contributed by atoms with Crippen LogP contribution in [0.1, 0.15) is 5.48 Å². The number of anilines is 3. The normalized spacial score (nSPS) is 12.4. The zero-order chi connectivity index (χ0) is 41.9. The Bertz CT molecular complexity index is 3480. The smallest absolute Gasteiger partial charge is 0.143 e. The van der Waals surface area contributed by atoms with Gasteiger partial charge in [-0.25, -0.2) is 0 Å². The van der Waals surface area contributed by atoms with Crippen molar-refractivity contribution in [2.75, 3.05) is 4.90 Å². The molecule has 0 radical (unpaired) electrons. The summed E-state index contributed by atoms with van der Waals surface area (Å²) in [7, 11) is 0. The van der Waals surface area contributed by atoms with Crippen LogP contribution >= 0.6 is 0 Å². The molecule has 0 aliphatic carbocycles. The molecule has 10 aromatic carbocycles. The molecule has 58 heavy (non-hydrogen) atoms. The fraction of sp³-hybridized carbons (Fsp3) is 0. The van der Waals surface area contributed by atoms with E-state index in [9.17, 15) is 5.48 Å². The molecule has 0 saturated carbocycles. The highest BCUT2D eigenvalue weighted by molar-refractivity contribution is 6.15. The molecule has 0 atom stereocenters. The Balaban J connectivity index is 1.08. The Labute approximate surface area is 343 Å². The summed E-state index contributed by atoms with van der Waals surface area (Å²) in [6.45, 7) is 0. The molecule has 0 saturated heterocycles. The van der Waals surface area contributed by atoms with Gasteiger partial charge in [0.1, 0.15) is 11.2 Å². The first kappa shape index (κ1) is 29.6. The average molecular weight is 744 g/mol. The largest absolute Gasteiger partial charge is 0.455 e. The molecule has 0 bridgehead atoms. The predicted octanol–water partition coefficient (Wildman–Crippen LogP) is 16.0. The van der Waals surface area contributed by atoms with E-state index in [0.29, 0.717) is 16.9 Å². The molecule has 1 aromatic heterocycles. The van der Waals surface area contributed by atoms with Crippen molar-refractivity contribution in [2.24, 2.45) is 0 Å². The second-order valence-corrected chi connectivity index (χ2v) is 14.6. The molecule has 0 fully saturated rings. The first-order valence-corrected chi connectivity index (χ1v) is 19.5. The van der Waals surface area contributed by atoms with Crippen molar-refractivity contribution in [3.8, 4) is 44.5 Å². The van der Waals surface area contributed by atoms with Gasteiger partial charge in [0.05, 0.1) is 11.2 Å². The molecule has 0 N–H and O–H groups in total. The highest BCUT2D eigenvalue weighted by Gasteiger charge is 2.19. The topological polar surface area (TPSA) is 16.4 Å². The van der Waals surface area contributed by atoms with Gasteiger partial charge in [-0.05, 0) is 110 Å². The fourth-order valence-electron chi connectivity index (χ4n) is 8.17. The molecule has 272 valence electrons. The zero-order valence-electron chi connectivity index (χ0n) is 35.4. The second kappa shape index (κ2) is 14.1. The molecule has 2 nitrogen and oxygen atoms in total. The molecular formula is C56H37NO. The van der Waals surface area contributed by atoms with E-state index in [4.69, 9.17) is 4.42 Å². The Kier molecular flexibility index (Phi) is 7.20. The maximum atomic E-state index is 9.66. The number of hydrogen-bond donors (Lipinski definition) is 0. The summed E-state index contributed by atoms with van der Waals surface area (Å²) in [5, 5.41) is 6.49. The van der Waals surface area contributed by atoms with E-state index < -0.39 is 0 Å². The Morgan fingerprint density at radius 1 is 0.345 bits per heavy atom. The third-order valence-corrected chi connectivity index (χ3v) is 11.1. The minimum atomic E-state index is -0.135. The molecular weight excluding hydrogens is 703 g/mol. The molecule has 1 heterocycles. The summed E-state index contributed by atoms with van der Waals surface area (Å²) in [5.41, 5.74) is 10.0. The zero-order valence-corrected chi connectivity index (χ0v) is 31.4. The minimum absolute atomic E-state index is 0.109. The van der Waals surface area contributed by atoms with E-state index in [2.05, 4.69) is 72.8 Å². The first-order valence-electron chi connectivity index (χ1n) is 21.5. The molecule has 0 amide bonds. The van der Waals surface area contributed by atoms with Gasteiger partial charge in [-0.15, -0.1) is 0 Å². The average Bonchev–Trinajstić information content (AvgIpc) is 3.71. The van der Waals surface area contributed by atoms with Gasteiger partial charge < -0.3 is 9.32 Å². The van der Waals surface area contributed by atoms with Crippen LogP contribution in [0.3, 0.4) is 0 Å². The van der Waals surface area contributed by atoms with Crippen LogP contribution in [-0.2, 0) is 0 Å². The summed E-state index contributed by atoms with van der Waals surface area (Å²) in [6, 6.07) is 66.7. The molecule has 11 aromatic rings. The first-order chi connectivity index (χ1) is 30.4. The maximum Gasteiger partial charge on any atom is 0.143 e. The number of rotatable bonds is 7. The van der Waals surface area contributed by atoms with Gasteiger partial charge in [0.15, 0.2) is 0 Å². The van der Waals surface area contributed by atoms with Crippen LogP contribution in [0, 0.1) is 0 Å². The van der Waals surface area contributed by atoms with E-state index in [1.807, 2.05) is 132 Å². The molecule has 11 rings (SSSR count). The quantitative estimate of drug-likeness (QED) is 0.162. The minimum Gasteiger partial charge on any atom is -0.455 e. The van der Waals surface area contributed by atoms with Gasteiger partial charge >= 0.3 is 0 Å². The van der Waals surface area contributed by atoms with E-state index in [1.54, 1.807) is 0 Å². The number of para-hydroxylation sites is 1. The van der Waals surface area contributed by atoms with Crippen molar-refractivity contribution in [2.45, 2.75) is 0 Å². The summed E-state index contributed by atoms with van der Waals surface area (Å²) in [5.74, 6) is 0. The van der Waals surface area contributed by atoms with Gasteiger partial charge in [0.25, 0.3) is 0 Å². The number of fused-ring (bicyclic) bond motifs is 6. The standard InChI is InChI=1S/C56H37NO/c1-2-10-38(11-3-1)40-18-20-41(21-19-40)42-24-30-48(31-25-42)57(49-32-26-43(27-33-49)46-23-22-39-12-4-5-14-45(39)36-46)54-17-9-8-15-50(54)47-29-35-55-53(37-47)52-34-28-44-13-6-7-16-51(44)56(52)58-55/h1-37H/i24D,25D,30D,31D. The maximum absolute atomic E-state index is 9.66. The van der Waals surface area contributed by atoms with Crippen LogP contribution in [0.5, 0.6) is 0 Å². The number of nitrogens with zero attached hydrogens (tertiary/aromatic N) is 1. The summed E-state index contributed by atoms with van der Waals surface area (Å²) in [4.78, 5) is 1.88. The van der Waals surface area contributed by atoms with E-state index in [-0.39, 0.29) is 35.4 Å². The lowest BCUT2D eigenvalue weighted by atomic mass is 9.98.